The Kier molecular flexibility index (Phi) is 29.2. The Morgan fingerprint density at radius 3 is 1.67 bits per heavy atom. The van der Waals surface area contributed by atoms with Crippen molar-refractivity contribution in [1.29, 1.82) is 0 Å². The van der Waals surface area contributed by atoms with Gasteiger partial charge in [-0.05, 0) is 60.3 Å². The number of hydrogen-bond donors (Lipinski definition) is 8. The lowest BCUT2D eigenvalue weighted by molar-refractivity contribution is -0.399. The van der Waals surface area contributed by atoms with Gasteiger partial charge in [-0.25, -0.2) is 0 Å². The quantitative estimate of drug-likeness (QED) is 0.0454. The third-order valence-electron chi connectivity index (χ3n) is 17.1. The fourth-order valence-corrected chi connectivity index (χ4v) is 11.8. The molecule has 24 nitrogen and oxygen atoms in total. The van der Waals surface area contributed by atoms with Crippen LogP contribution in [0, 0.1) is 5.92 Å². The monoisotopic (exact) mass is 1210 g/mol. The van der Waals surface area contributed by atoms with Crippen molar-refractivity contribution in [1.82, 2.24) is 0 Å². The Hall–Kier alpha value is -2.31. The van der Waals surface area contributed by atoms with E-state index in [0.29, 0.717) is 19.3 Å². The second-order valence-electron chi connectivity index (χ2n) is 24.5. The van der Waals surface area contributed by atoms with E-state index < -0.39 is 177 Å². The zero-order chi connectivity index (χ0) is 61.4. The van der Waals surface area contributed by atoms with E-state index in [4.69, 9.17) is 61.6 Å². The molecule has 0 amide bonds. The van der Waals surface area contributed by atoms with Gasteiger partial charge in [0, 0.05) is 12.8 Å². The maximum atomic E-state index is 14.3. The smallest absolute Gasteiger partial charge is 0.308 e. The van der Waals surface area contributed by atoms with Crippen molar-refractivity contribution in [3.8, 4) is 0 Å². The number of rotatable bonds is 21. The number of esters is 3. The average Bonchev–Trinajstić information content (AvgIpc) is 1.57. The zero-order valence-corrected chi connectivity index (χ0v) is 51.0. The number of carbonyl (C=O) groups is 3. The molecule has 0 radical (unpaired) electrons. The number of fused-ring (bicyclic) bond motifs is 3. The van der Waals surface area contributed by atoms with Crippen molar-refractivity contribution < 1.29 is 117 Å². The minimum Gasteiger partial charge on any atom is -0.457 e. The normalized spacial score (nSPS) is 42.4. The second kappa shape index (κ2) is 34.6. The summed E-state index contributed by atoms with van der Waals surface area (Å²) >= 11 is 0. The molecular weight excluding hydrogens is 1100 g/mol. The summed E-state index contributed by atoms with van der Waals surface area (Å²) < 4.78 is 82.1. The first-order chi connectivity index (χ1) is 40.1. The van der Waals surface area contributed by atoms with E-state index in [0.717, 1.165) is 103 Å². The van der Waals surface area contributed by atoms with E-state index in [1.165, 1.54) is 20.8 Å². The number of carbonyl (C=O) groups excluding carboxylic acids is 3. The molecule has 0 aliphatic carbocycles. The molecule has 6 aliphatic rings. The molecule has 2 bridgehead atoms. The van der Waals surface area contributed by atoms with Crippen molar-refractivity contribution in [2.24, 2.45) is 5.92 Å². The van der Waals surface area contributed by atoms with Gasteiger partial charge in [0.25, 0.3) is 0 Å². The number of hydrogen-bond acceptors (Lipinski definition) is 24. The van der Waals surface area contributed by atoms with Crippen molar-refractivity contribution in [2.75, 3.05) is 0 Å². The molecule has 26 unspecified atom stereocenters. The highest BCUT2D eigenvalue weighted by Crippen LogP contribution is 2.39. The van der Waals surface area contributed by atoms with E-state index >= 15 is 0 Å². The van der Waals surface area contributed by atoms with E-state index in [2.05, 4.69) is 13.8 Å². The highest BCUT2D eigenvalue weighted by molar-refractivity contribution is 5.72. The van der Waals surface area contributed by atoms with Gasteiger partial charge in [-0.1, -0.05) is 124 Å². The zero-order valence-electron chi connectivity index (χ0n) is 51.0. The molecule has 6 aliphatic heterocycles. The van der Waals surface area contributed by atoms with E-state index in [-0.39, 0.29) is 18.9 Å². The Labute approximate surface area is 496 Å². The first-order valence-corrected chi connectivity index (χ1v) is 31.6. The van der Waals surface area contributed by atoms with Crippen LogP contribution in [0.1, 0.15) is 197 Å². The number of ether oxygens (including phenoxy) is 13. The van der Waals surface area contributed by atoms with Crippen LogP contribution in [0.4, 0.5) is 0 Å². The molecule has 8 N–H and O–H groups in total. The molecular formula is C60H104O24. The number of aliphatic hydroxyl groups is 8. The van der Waals surface area contributed by atoms with Crippen LogP contribution in [-0.4, -0.2) is 218 Å². The molecule has 0 spiro atoms. The molecule has 0 aromatic carbocycles. The summed E-state index contributed by atoms with van der Waals surface area (Å²) in [6.07, 6.45) is -22.0. The first kappa shape index (κ1) is 70.8. The summed E-state index contributed by atoms with van der Waals surface area (Å²) in [5.41, 5.74) is 0. The van der Waals surface area contributed by atoms with Gasteiger partial charge in [-0.2, -0.15) is 0 Å². The molecule has 0 saturated carbocycles. The van der Waals surface area contributed by atoms with Gasteiger partial charge in [0.2, 0.25) is 0 Å². The molecule has 0 aromatic heterocycles. The summed E-state index contributed by atoms with van der Waals surface area (Å²) in [5, 5.41) is 91.5. The molecule has 6 rings (SSSR count). The van der Waals surface area contributed by atoms with Crippen LogP contribution in [0.15, 0.2) is 0 Å². The van der Waals surface area contributed by atoms with Gasteiger partial charge in [-0.3, -0.25) is 14.4 Å². The fraction of sp³-hybridized carbons (Fsp3) is 0.950. The third kappa shape index (κ3) is 19.4. The SMILES string of the molecule is CCCCCCCCCC(=O)OC1C(OC2C(C)OC3OC4C(OC(CCCCC)CCCCCCCCCC(=O)OC2C3O)OC(C)C(O)C4O)OC(C)C(OC2OC(C)C(OC(=O)C(C)C)C(O)C2O)C1OC1OC(C)C(O)C(O)C1O. The van der Waals surface area contributed by atoms with Crippen LogP contribution in [0.3, 0.4) is 0 Å². The lowest BCUT2D eigenvalue weighted by Crippen LogP contribution is -2.68. The summed E-state index contributed by atoms with van der Waals surface area (Å²) in [6, 6.07) is 0. The second-order valence-corrected chi connectivity index (χ2v) is 24.5. The summed E-state index contributed by atoms with van der Waals surface area (Å²) in [5.74, 6) is -2.66. The largest absolute Gasteiger partial charge is 0.457 e. The Balaban J connectivity index is 1.36. The highest BCUT2D eigenvalue weighted by Gasteiger charge is 2.58. The molecule has 6 fully saturated rings. The van der Waals surface area contributed by atoms with E-state index in [1.807, 2.05) is 0 Å². The molecule has 84 heavy (non-hydrogen) atoms. The molecule has 488 valence electrons. The summed E-state index contributed by atoms with van der Waals surface area (Å²) in [6.45, 7) is 15.1. The highest BCUT2D eigenvalue weighted by atomic mass is 16.8. The van der Waals surface area contributed by atoms with Crippen LogP contribution < -0.4 is 0 Å². The van der Waals surface area contributed by atoms with Crippen LogP contribution in [0.25, 0.3) is 0 Å². The van der Waals surface area contributed by atoms with Crippen molar-refractivity contribution >= 4 is 17.9 Å². The predicted molar refractivity (Wildman–Crippen MR) is 297 cm³/mol. The van der Waals surface area contributed by atoms with Gasteiger partial charge in [0.1, 0.15) is 73.2 Å². The third-order valence-corrected chi connectivity index (χ3v) is 17.1. The molecule has 0 aromatic rings. The summed E-state index contributed by atoms with van der Waals surface area (Å²) in [4.78, 5) is 40.9. The molecule has 24 heteroatoms. The van der Waals surface area contributed by atoms with Crippen LogP contribution in [0.5, 0.6) is 0 Å². The van der Waals surface area contributed by atoms with Crippen LogP contribution in [0.2, 0.25) is 0 Å². The van der Waals surface area contributed by atoms with Gasteiger partial charge in [-0.15, -0.1) is 0 Å². The van der Waals surface area contributed by atoms with Crippen molar-refractivity contribution in [3.63, 3.8) is 0 Å². The minimum absolute atomic E-state index is 0.0257. The van der Waals surface area contributed by atoms with Gasteiger partial charge < -0.3 is 102 Å². The van der Waals surface area contributed by atoms with E-state index in [1.54, 1.807) is 27.7 Å². The number of unbranched alkanes of at least 4 members (excludes halogenated alkanes) is 8. The van der Waals surface area contributed by atoms with Crippen molar-refractivity contribution in [3.05, 3.63) is 0 Å². The lowest BCUT2D eigenvalue weighted by atomic mass is 9.95. The van der Waals surface area contributed by atoms with Crippen LogP contribution >= 0.6 is 0 Å². The standard InChI is InChI=1S/C60H104O24/c1-10-12-14-15-17-21-26-30-39(62)79-54-53(84-56-45(68)42(65)40(63)32(5)72-56)50(81-57-46(69)44(67)48(34(7)74-57)80-55(71)31(3)4)36(9)76-60(54)82-49-35(8)75-58-47(70)51(49)78-38(61)29-25-22-19-16-18-20-24-28-37(27-23-13-11-2)77-59-52(83-58)43(66)41(64)33(6)73-59/h31-37,40-54,56-60,63-70H,10-30H2,1-9H3. The maximum Gasteiger partial charge on any atom is 0.308 e. The maximum absolute atomic E-state index is 14.3. The fourth-order valence-electron chi connectivity index (χ4n) is 11.8. The topological polar surface area (TPSA) is 333 Å². The van der Waals surface area contributed by atoms with Gasteiger partial charge in [0.15, 0.2) is 49.8 Å². The minimum atomic E-state index is -1.91. The van der Waals surface area contributed by atoms with Crippen LogP contribution in [-0.2, 0) is 76.0 Å². The molecule has 6 heterocycles. The van der Waals surface area contributed by atoms with Crippen molar-refractivity contribution in [2.45, 2.75) is 357 Å². The summed E-state index contributed by atoms with van der Waals surface area (Å²) in [7, 11) is 0. The molecule has 26 atom stereocenters. The van der Waals surface area contributed by atoms with Gasteiger partial charge in [0.05, 0.1) is 42.5 Å². The first-order valence-electron chi connectivity index (χ1n) is 31.6. The number of aliphatic hydroxyl groups excluding tert-OH is 8. The average molecular weight is 1210 g/mol. The molecule has 6 saturated heterocycles. The van der Waals surface area contributed by atoms with Gasteiger partial charge >= 0.3 is 17.9 Å². The lowest BCUT2D eigenvalue weighted by Gasteiger charge is -2.51. The Morgan fingerprint density at radius 1 is 0.464 bits per heavy atom. The Morgan fingerprint density at radius 2 is 0.988 bits per heavy atom. The Bertz CT molecular complexity index is 1940. The predicted octanol–water partition coefficient (Wildman–Crippen LogP) is 4.16. The van der Waals surface area contributed by atoms with E-state index in [9.17, 15) is 55.2 Å².